The summed E-state index contributed by atoms with van der Waals surface area (Å²) in [7, 11) is 0. The first kappa shape index (κ1) is 12.3. The van der Waals surface area contributed by atoms with Gasteiger partial charge in [0.1, 0.15) is 0 Å². The van der Waals surface area contributed by atoms with E-state index in [-0.39, 0.29) is 6.10 Å². The number of ether oxygens (including phenoxy) is 1. The van der Waals surface area contributed by atoms with E-state index in [1.165, 1.54) is 16.7 Å². The number of benzene rings is 1. The fourth-order valence-corrected chi connectivity index (χ4v) is 2.74. The zero-order valence-corrected chi connectivity index (χ0v) is 10.9. The summed E-state index contributed by atoms with van der Waals surface area (Å²) in [6.07, 6.45) is 5.82. The summed E-state index contributed by atoms with van der Waals surface area (Å²) in [5, 5.41) is 0. The fourth-order valence-electron chi connectivity index (χ4n) is 2.74. The Kier molecular flexibility index (Phi) is 3.58. The van der Waals surface area contributed by atoms with Gasteiger partial charge >= 0.3 is 0 Å². The molecule has 3 heteroatoms. The Morgan fingerprint density at radius 2 is 2.21 bits per heavy atom. The van der Waals surface area contributed by atoms with E-state index in [4.69, 9.17) is 10.5 Å². The van der Waals surface area contributed by atoms with Gasteiger partial charge in [-0.05, 0) is 35.6 Å². The molecule has 3 nitrogen and oxygen atoms in total. The second kappa shape index (κ2) is 5.51. The predicted molar refractivity (Wildman–Crippen MR) is 75.7 cm³/mol. The summed E-state index contributed by atoms with van der Waals surface area (Å²) >= 11 is 0. The second-order valence-corrected chi connectivity index (χ2v) is 4.81. The van der Waals surface area contributed by atoms with E-state index in [2.05, 4.69) is 29.2 Å². The molecule has 3 rings (SSSR count). The van der Waals surface area contributed by atoms with Gasteiger partial charge < -0.3 is 10.5 Å². The lowest BCUT2D eigenvalue weighted by molar-refractivity contribution is 0.0627. The molecule has 0 saturated carbocycles. The van der Waals surface area contributed by atoms with Gasteiger partial charge in [-0.1, -0.05) is 24.3 Å². The molecule has 1 aromatic carbocycles. The third kappa shape index (κ3) is 2.39. The molecule has 0 aliphatic carbocycles. The lowest BCUT2D eigenvalue weighted by Gasteiger charge is -2.18. The van der Waals surface area contributed by atoms with Gasteiger partial charge in [0.05, 0.1) is 6.10 Å². The molecule has 2 N–H and O–H groups in total. The van der Waals surface area contributed by atoms with Crippen LogP contribution in [0.25, 0.3) is 11.1 Å². The number of aromatic nitrogens is 1. The number of pyridine rings is 1. The summed E-state index contributed by atoms with van der Waals surface area (Å²) in [4.78, 5) is 4.22. The van der Waals surface area contributed by atoms with Gasteiger partial charge in [-0.15, -0.1) is 0 Å². The van der Waals surface area contributed by atoms with Gasteiger partial charge in [0.15, 0.2) is 0 Å². The van der Waals surface area contributed by atoms with Gasteiger partial charge in [0, 0.05) is 31.1 Å². The SMILES string of the molecule is NCC1OCCCc2c(-c3cccnc3)cccc21. The Hall–Kier alpha value is -1.71. The van der Waals surface area contributed by atoms with Crippen molar-refractivity contribution in [3.05, 3.63) is 53.9 Å². The Bertz CT molecular complexity index is 554. The van der Waals surface area contributed by atoms with Crippen molar-refractivity contribution < 1.29 is 4.74 Å². The van der Waals surface area contributed by atoms with Crippen molar-refractivity contribution in [2.45, 2.75) is 18.9 Å². The molecule has 1 unspecified atom stereocenters. The maximum atomic E-state index is 5.84. The van der Waals surface area contributed by atoms with Crippen LogP contribution in [0.4, 0.5) is 0 Å². The highest BCUT2D eigenvalue weighted by atomic mass is 16.5. The summed E-state index contributed by atoms with van der Waals surface area (Å²) in [5.74, 6) is 0. The smallest absolute Gasteiger partial charge is 0.0949 e. The van der Waals surface area contributed by atoms with Crippen LogP contribution in [0.15, 0.2) is 42.7 Å². The monoisotopic (exact) mass is 254 g/mol. The Morgan fingerprint density at radius 3 is 3.00 bits per heavy atom. The highest BCUT2D eigenvalue weighted by molar-refractivity contribution is 5.68. The van der Waals surface area contributed by atoms with E-state index in [1.54, 1.807) is 6.20 Å². The van der Waals surface area contributed by atoms with Crippen molar-refractivity contribution in [3.8, 4) is 11.1 Å². The molecule has 0 radical (unpaired) electrons. The van der Waals surface area contributed by atoms with Crippen LogP contribution in [-0.2, 0) is 11.2 Å². The van der Waals surface area contributed by atoms with Crippen molar-refractivity contribution in [1.82, 2.24) is 4.98 Å². The maximum Gasteiger partial charge on any atom is 0.0949 e. The molecule has 0 fully saturated rings. The van der Waals surface area contributed by atoms with Crippen molar-refractivity contribution in [2.75, 3.05) is 13.2 Å². The highest BCUT2D eigenvalue weighted by Gasteiger charge is 2.20. The summed E-state index contributed by atoms with van der Waals surface area (Å²) in [6, 6.07) is 10.5. The van der Waals surface area contributed by atoms with E-state index < -0.39 is 0 Å². The summed E-state index contributed by atoms with van der Waals surface area (Å²) in [5.41, 5.74) is 10.9. The molecule has 0 amide bonds. The zero-order chi connectivity index (χ0) is 13.1. The Labute approximate surface area is 113 Å². The molecular formula is C16H18N2O. The molecule has 1 atom stereocenters. The van der Waals surface area contributed by atoms with Crippen LogP contribution in [-0.4, -0.2) is 18.1 Å². The molecule has 1 aliphatic heterocycles. The van der Waals surface area contributed by atoms with Crippen LogP contribution >= 0.6 is 0 Å². The molecular weight excluding hydrogens is 236 g/mol. The largest absolute Gasteiger partial charge is 0.372 e. The standard InChI is InChI=1S/C16H18N2O/c17-10-16-15-6-1-5-13(12-4-2-8-18-11-12)14(15)7-3-9-19-16/h1-2,4-6,8,11,16H,3,7,9-10,17H2. The van der Waals surface area contributed by atoms with Crippen molar-refractivity contribution in [2.24, 2.45) is 5.73 Å². The number of nitrogens with two attached hydrogens (primary N) is 1. The van der Waals surface area contributed by atoms with Gasteiger partial charge in [0.2, 0.25) is 0 Å². The van der Waals surface area contributed by atoms with Gasteiger partial charge in [-0.25, -0.2) is 0 Å². The molecule has 0 bridgehead atoms. The Morgan fingerprint density at radius 1 is 1.26 bits per heavy atom. The van der Waals surface area contributed by atoms with Crippen LogP contribution in [0.3, 0.4) is 0 Å². The normalized spacial score (nSPS) is 18.7. The van der Waals surface area contributed by atoms with E-state index in [1.807, 2.05) is 12.3 Å². The number of hydrogen-bond acceptors (Lipinski definition) is 3. The van der Waals surface area contributed by atoms with E-state index >= 15 is 0 Å². The van der Waals surface area contributed by atoms with Crippen molar-refractivity contribution >= 4 is 0 Å². The van der Waals surface area contributed by atoms with E-state index in [0.29, 0.717) is 6.54 Å². The minimum absolute atomic E-state index is 0.0223. The molecule has 0 spiro atoms. The molecule has 2 heterocycles. The van der Waals surface area contributed by atoms with Crippen LogP contribution in [0.1, 0.15) is 23.7 Å². The number of rotatable bonds is 2. The average molecular weight is 254 g/mol. The van der Waals surface area contributed by atoms with Gasteiger partial charge in [-0.2, -0.15) is 0 Å². The van der Waals surface area contributed by atoms with Gasteiger partial charge in [-0.3, -0.25) is 4.98 Å². The quantitative estimate of drug-likeness (QED) is 0.896. The lowest BCUT2D eigenvalue weighted by Crippen LogP contribution is -2.16. The van der Waals surface area contributed by atoms with Crippen LogP contribution in [0, 0.1) is 0 Å². The third-order valence-corrected chi connectivity index (χ3v) is 3.64. The summed E-state index contributed by atoms with van der Waals surface area (Å²) < 4.78 is 5.83. The van der Waals surface area contributed by atoms with Gasteiger partial charge in [0.25, 0.3) is 0 Å². The molecule has 1 aliphatic rings. The molecule has 1 aromatic heterocycles. The molecule has 2 aromatic rings. The Balaban J connectivity index is 2.12. The molecule has 98 valence electrons. The summed E-state index contributed by atoms with van der Waals surface area (Å²) in [6.45, 7) is 1.31. The fraction of sp³-hybridized carbons (Fsp3) is 0.312. The first-order valence-corrected chi connectivity index (χ1v) is 6.74. The number of fused-ring (bicyclic) bond motifs is 1. The number of hydrogen-bond donors (Lipinski definition) is 1. The third-order valence-electron chi connectivity index (χ3n) is 3.64. The van der Waals surface area contributed by atoms with Crippen molar-refractivity contribution in [1.29, 1.82) is 0 Å². The van der Waals surface area contributed by atoms with Crippen LogP contribution < -0.4 is 5.73 Å². The lowest BCUT2D eigenvalue weighted by atomic mass is 9.91. The van der Waals surface area contributed by atoms with E-state index in [9.17, 15) is 0 Å². The minimum atomic E-state index is 0.0223. The molecule has 19 heavy (non-hydrogen) atoms. The predicted octanol–water partition coefficient (Wildman–Crippen LogP) is 2.71. The zero-order valence-electron chi connectivity index (χ0n) is 10.9. The van der Waals surface area contributed by atoms with Crippen LogP contribution in [0.5, 0.6) is 0 Å². The van der Waals surface area contributed by atoms with E-state index in [0.717, 1.165) is 25.0 Å². The topological polar surface area (TPSA) is 48.1 Å². The first-order chi connectivity index (χ1) is 9.40. The second-order valence-electron chi connectivity index (χ2n) is 4.81. The number of nitrogens with zero attached hydrogens (tertiary/aromatic N) is 1. The van der Waals surface area contributed by atoms with Crippen LogP contribution in [0.2, 0.25) is 0 Å². The molecule has 0 saturated heterocycles. The average Bonchev–Trinajstić information content (AvgIpc) is 2.69. The maximum absolute atomic E-state index is 5.84. The highest BCUT2D eigenvalue weighted by Crippen LogP contribution is 2.33. The van der Waals surface area contributed by atoms with Crippen molar-refractivity contribution in [3.63, 3.8) is 0 Å². The minimum Gasteiger partial charge on any atom is -0.372 e. The first-order valence-electron chi connectivity index (χ1n) is 6.74.